The Morgan fingerprint density at radius 1 is 1.17 bits per heavy atom. The Bertz CT molecular complexity index is 692. The quantitative estimate of drug-likeness (QED) is 0.870. The van der Waals surface area contributed by atoms with E-state index >= 15 is 0 Å². The van der Waals surface area contributed by atoms with Gasteiger partial charge in [0, 0.05) is 0 Å². The van der Waals surface area contributed by atoms with Crippen LogP contribution >= 0.6 is 0 Å². The molecular weight excluding hydrogens is 329 g/mol. The predicted octanol–water partition coefficient (Wildman–Crippen LogP) is 3.42. The molecule has 0 saturated carbocycles. The molecule has 0 spiro atoms. The van der Waals surface area contributed by atoms with Crippen LogP contribution < -0.4 is 20.1 Å². The lowest BCUT2D eigenvalue weighted by atomic mass is 10.3. The lowest BCUT2D eigenvalue weighted by molar-refractivity contribution is -0.274. The SMILES string of the molecule is CCOc1ncc(NC(=O)Nc2ccccc2OC(F)(F)F)cn1. The van der Waals surface area contributed by atoms with Crippen LogP contribution in [0, 0.1) is 0 Å². The highest BCUT2D eigenvalue weighted by Crippen LogP contribution is 2.29. The molecule has 0 aliphatic rings. The number of urea groups is 1. The molecule has 1 aromatic heterocycles. The molecule has 7 nitrogen and oxygen atoms in total. The number of halogens is 3. The van der Waals surface area contributed by atoms with Gasteiger partial charge in [0.15, 0.2) is 5.75 Å². The first-order chi connectivity index (χ1) is 11.4. The minimum atomic E-state index is -4.86. The van der Waals surface area contributed by atoms with E-state index < -0.39 is 18.1 Å². The van der Waals surface area contributed by atoms with Gasteiger partial charge in [-0.25, -0.2) is 14.8 Å². The van der Waals surface area contributed by atoms with Crippen LogP contribution in [0.5, 0.6) is 11.8 Å². The number of alkyl halides is 3. The van der Waals surface area contributed by atoms with Gasteiger partial charge in [-0.2, -0.15) is 0 Å². The van der Waals surface area contributed by atoms with Crippen molar-refractivity contribution in [2.75, 3.05) is 17.2 Å². The molecule has 128 valence electrons. The van der Waals surface area contributed by atoms with Crippen molar-refractivity contribution < 1.29 is 27.4 Å². The zero-order valence-electron chi connectivity index (χ0n) is 12.4. The second-order valence-corrected chi connectivity index (χ2v) is 4.31. The number of ether oxygens (including phenoxy) is 2. The van der Waals surface area contributed by atoms with Crippen LogP contribution in [0.15, 0.2) is 36.7 Å². The Morgan fingerprint density at radius 3 is 2.46 bits per heavy atom. The summed E-state index contributed by atoms with van der Waals surface area (Å²) in [6.07, 6.45) is -2.26. The van der Waals surface area contributed by atoms with Crippen molar-refractivity contribution >= 4 is 17.4 Å². The molecule has 10 heteroatoms. The minimum Gasteiger partial charge on any atom is -0.464 e. The average Bonchev–Trinajstić information content (AvgIpc) is 2.50. The third-order valence-corrected chi connectivity index (χ3v) is 2.52. The maximum atomic E-state index is 12.3. The largest absolute Gasteiger partial charge is 0.573 e. The Labute approximate surface area is 134 Å². The van der Waals surface area contributed by atoms with Crippen molar-refractivity contribution in [2.45, 2.75) is 13.3 Å². The first-order valence-corrected chi connectivity index (χ1v) is 6.75. The number of carbonyl (C=O) groups is 1. The Hall–Kier alpha value is -3.04. The summed E-state index contributed by atoms with van der Waals surface area (Å²) < 4.78 is 45.9. The van der Waals surface area contributed by atoms with Crippen molar-refractivity contribution in [3.63, 3.8) is 0 Å². The second kappa shape index (κ2) is 7.49. The molecule has 0 bridgehead atoms. The molecule has 1 aromatic carbocycles. The molecule has 2 amide bonds. The van der Waals surface area contributed by atoms with Gasteiger partial charge < -0.3 is 20.1 Å². The summed E-state index contributed by atoms with van der Waals surface area (Å²) in [6.45, 7) is 2.16. The van der Waals surface area contributed by atoms with Crippen molar-refractivity contribution in [2.24, 2.45) is 0 Å². The molecule has 0 aliphatic heterocycles. The maximum Gasteiger partial charge on any atom is 0.573 e. The fourth-order valence-electron chi connectivity index (χ4n) is 1.65. The lowest BCUT2D eigenvalue weighted by Gasteiger charge is -2.14. The Morgan fingerprint density at radius 2 is 1.83 bits per heavy atom. The second-order valence-electron chi connectivity index (χ2n) is 4.31. The van der Waals surface area contributed by atoms with Crippen molar-refractivity contribution in [3.8, 4) is 11.8 Å². The summed E-state index contributed by atoms with van der Waals surface area (Å²) in [7, 11) is 0. The van der Waals surface area contributed by atoms with Gasteiger partial charge in [0.05, 0.1) is 30.4 Å². The highest BCUT2D eigenvalue weighted by Gasteiger charge is 2.32. The van der Waals surface area contributed by atoms with E-state index in [-0.39, 0.29) is 17.4 Å². The monoisotopic (exact) mass is 342 g/mol. The highest BCUT2D eigenvalue weighted by molar-refractivity contribution is 6.00. The number of anilines is 2. The molecule has 0 aliphatic carbocycles. The summed E-state index contributed by atoms with van der Waals surface area (Å²) in [6, 6.07) is 4.54. The fourth-order valence-corrected chi connectivity index (χ4v) is 1.65. The molecule has 2 rings (SSSR count). The normalized spacial score (nSPS) is 10.8. The van der Waals surface area contributed by atoms with E-state index in [1.807, 2.05) is 0 Å². The topological polar surface area (TPSA) is 85.4 Å². The zero-order valence-corrected chi connectivity index (χ0v) is 12.4. The predicted molar refractivity (Wildman–Crippen MR) is 79.0 cm³/mol. The van der Waals surface area contributed by atoms with Gasteiger partial charge in [-0.3, -0.25) is 0 Å². The fraction of sp³-hybridized carbons (Fsp3) is 0.214. The van der Waals surface area contributed by atoms with Gasteiger partial charge in [0.1, 0.15) is 0 Å². The van der Waals surface area contributed by atoms with Crippen LogP contribution in [-0.4, -0.2) is 29.0 Å². The van der Waals surface area contributed by atoms with E-state index in [1.165, 1.54) is 30.6 Å². The van der Waals surface area contributed by atoms with E-state index in [0.717, 1.165) is 6.07 Å². The van der Waals surface area contributed by atoms with E-state index in [4.69, 9.17) is 4.74 Å². The molecule has 2 N–H and O–H groups in total. The molecule has 0 atom stereocenters. The Balaban J connectivity index is 2.02. The highest BCUT2D eigenvalue weighted by atomic mass is 19.4. The van der Waals surface area contributed by atoms with Crippen molar-refractivity contribution in [3.05, 3.63) is 36.7 Å². The molecule has 24 heavy (non-hydrogen) atoms. The molecule has 1 heterocycles. The number of nitrogens with one attached hydrogen (secondary N) is 2. The summed E-state index contributed by atoms with van der Waals surface area (Å²) >= 11 is 0. The van der Waals surface area contributed by atoms with Crippen LogP contribution in [-0.2, 0) is 0 Å². The van der Waals surface area contributed by atoms with Crippen LogP contribution in [0.2, 0.25) is 0 Å². The van der Waals surface area contributed by atoms with Crippen LogP contribution in [0.1, 0.15) is 6.92 Å². The van der Waals surface area contributed by atoms with Gasteiger partial charge >= 0.3 is 18.4 Å². The standard InChI is InChI=1S/C14H13F3N4O3/c1-2-23-13-18-7-9(8-19-13)20-12(22)21-10-5-3-4-6-11(10)24-14(15,16)17/h3-8H,2H2,1H3,(H2,20,21,22). The summed E-state index contributed by atoms with van der Waals surface area (Å²) in [5.41, 5.74) is 0.101. The zero-order chi connectivity index (χ0) is 17.6. The first-order valence-electron chi connectivity index (χ1n) is 6.75. The number of hydrogen-bond donors (Lipinski definition) is 2. The van der Waals surface area contributed by atoms with Gasteiger partial charge in [-0.15, -0.1) is 13.2 Å². The van der Waals surface area contributed by atoms with Crippen LogP contribution in [0.4, 0.5) is 29.3 Å². The summed E-state index contributed by atoms with van der Waals surface area (Å²) in [5.74, 6) is -0.525. The molecule has 2 aromatic rings. The van der Waals surface area contributed by atoms with Crippen LogP contribution in [0.3, 0.4) is 0 Å². The lowest BCUT2D eigenvalue weighted by Crippen LogP contribution is -2.22. The van der Waals surface area contributed by atoms with E-state index in [9.17, 15) is 18.0 Å². The molecule has 0 unspecified atom stereocenters. The average molecular weight is 342 g/mol. The van der Waals surface area contributed by atoms with Gasteiger partial charge in [0.25, 0.3) is 0 Å². The van der Waals surface area contributed by atoms with E-state index in [0.29, 0.717) is 6.61 Å². The summed E-state index contributed by atoms with van der Waals surface area (Å²) in [4.78, 5) is 19.6. The van der Waals surface area contributed by atoms with Crippen LogP contribution in [0.25, 0.3) is 0 Å². The van der Waals surface area contributed by atoms with E-state index in [1.54, 1.807) is 6.92 Å². The Kier molecular flexibility index (Phi) is 5.40. The number of rotatable bonds is 5. The third-order valence-electron chi connectivity index (χ3n) is 2.52. The number of para-hydroxylation sites is 2. The maximum absolute atomic E-state index is 12.3. The van der Waals surface area contributed by atoms with Gasteiger partial charge in [-0.05, 0) is 19.1 Å². The number of amides is 2. The number of carbonyl (C=O) groups excluding carboxylic acids is 1. The molecular formula is C14H13F3N4O3. The van der Waals surface area contributed by atoms with E-state index in [2.05, 4.69) is 25.3 Å². The smallest absolute Gasteiger partial charge is 0.464 e. The molecule has 0 fully saturated rings. The third kappa shape index (κ3) is 5.30. The number of benzene rings is 1. The minimum absolute atomic E-state index is 0.140. The first kappa shape index (κ1) is 17.3. The number of hydrogen-bond acceptors (Lipinski definition) is 5. The van der Waals surface area contributed by atoms with Crippen molar-refractivity contribution in [1.29, 1.82) is 0 Å². The molecule has 0 saturated heterocycles. The number of nitrogens with zero attached hydrogens (tertiary/aromatic N) is 2. The van der Waals surface area contributed by atoms with Gasteiger partial charge in [-0.1, -0.05) is 12.1 Å². The van der Waals surface area contributed by atoms with Crippen molar-refractivity contribution in [1.82, 2.24) is 9.97 Å². The summed E-state index contributed by atoms with van der Waals surface area (Å²) in [5, 5.41) is 4.64. The molecule has 0 radical (unpaired) electrons. The van der Waals surface area contributed by atoms with Gasteiger partial charge in [0.2, 0.25) is 0 Å². The number of aromatic nitrogens is 2.